The van der Waals surface area contributed by atoms with Crippen LogP contribution in [0.5, 0.6) is 0 Å². The predicted molar refractivity (Wildman–Crippen MR) is 81.9 cm³/mol. The Kier molecular flexibility index (Phi) is 3.76. The molecule has 1 aliphatic heterocycles. The molecule has 8 heteroatoms. The van der Waals surface area contributed by atoms with Crippen molar-refractivity contribution in [3.05, 3.63) is 44.9 Å². The number of anilines is 1. The molecule has 0 aliphatic carbocycles. The molecule has 1 aliphatic rings. The van der Waals surface area contributed by atoms with Crippen LogP contribution in [0, 0.1) is 0 Å². The molecular weight excluding hydrogens is 304 g/mol. The molecule has 0 bridgehead atoms. The molecule has 7 nitrogen and oxygen atoms in total. The Bertz CT molecular complexity index is 795. The first-order chi connectivity index (χ1) is 10.5. The number of carbonyl (C=O) groups excluding carboxylic acids is 2. The molecule has 0 saturated heterocycles. The number of aromatic nitrogens is 2. The highest BCUT2D eigenvalue weighted by atomic mass is 32.1. The Morgan fingerprint density at radius 1 is 1.41 bits per heavy atom. The lowest BCUT2D eigenvalue weighted by atomic mass is 10.1. The second-order valence-corrected chi connectivity index (χ2v) is 6.06. The number of nitrogens with zero attached hydrogens (tertiary/aromatic N) is 2. The number of amides is 2. The first-order valence-corrected chi connectivity index (χ1v) is 7.58. The molecular formula is C14H14N4O3S. The highest BCUT2D eigenvalue weighted by molar-refractivity contribution is 7.18. The van der Waals surface area contributed by atoms with E-state index < -0.39 is 0 Å². The molecule has 2 amide bonds. The summed E-state index contributed by atoms with van der Waals surface area (Å²) in [6.07, 6.45) is 1.85. The van der Waals surface area contributed by atoms with Gasteiger partial charge in [-0.05, 0) is 18.6 Å². The molecule has 3 rings (SSSR count). The zero-order chi connectivity index (χ0) is 15.7. The molecule has 2 aromatic rings. The fourth-order valence-corrected chi connectivity index (χ4v) is 3.31. The van der Waals surface area contributed by atoms with Crippen LogP contribution in [0.25, 0.3) is 0 Å². The van der Waals surface area contributed by atoms with Crippen LogP contribution in [0.15, 0.2) is 23.3 Å². The van der Waals surface area contributed by atoms with Gasteiger partial charge in [-0.25, -0.2) is 4.98 Å². The number of H-pyrrole nitrogens is 1. The van der Waals surface area contributed by atoms with E-state index in [-0.39, 0.29) is 17.4 Å². The minimum absolute atomic E-state index is 0.116. The van der Waals surface area contributed by atoms with Gasteiger partial charge in [-0.15, -0.1) is 11.3 Å². The van der Waals surface area contributed by atoms with E-state index >= 15 is 0 Å². The zero-order valence-corrected chi connectivity index (χ0v) is 12.7. The third kappa shape index (κ3) is 2.77. The van der Waals surface area contributed by atoms with Gasteiger partial charge in [0, 0.05) is 19.0 Å². The number of hydrogen-bond donors (Lipinski definition) is 2. The van der Waals surface area contributed by atoms with Crippen molar-refractivity contribution in [2.75, 3.05) is 11.9 Å². The molecule has 3 heterocycles. The molecule has 0 atom stereocenters. The van der Waals surface area contributed by atoms with E-state index in [0.717, 1.165) is 0 Å². The molecule has 2 N–H and O–H groups in total. The van der Waals surface area contributed by atoms with Crippen LogP contribution < -0.4 is 10.9 Å². The summed E-state index contributed by atoms with van der Waals surface area (Å²) in [5, 5.41) is 3.30. The molecule has 0 saturated carbocycles. The topological polar surface area (TPSA) is 95.2 Å². The van der Waals surface area contributed by atoms with Crippen LogP contribution in [-0.2, 0) is 17.8 Å². The maximum Gasteiger partial charge on any atom is 0.264 e. The lowest BCUT2D eigenvalue weighted by molar-refractivity contribution is -0.114. The monoisotopic (exact) mass is 318 g/mol. The molecule has 0 aromatic carbocycles. The smallest absolute Gasteiger partial charge is 0.264 e. The summed E-state index contributed by atoms with van der Waals surface area (Å²) in [5.74, 6) is -0.287. The van der Waals surface area contributed by atoms with Crippen molar-refractivity contribution in [3.8, 4) is 0 Å². The number of rotatable bonds is 2. The summed E-state index contributed by atoms with van der Waals surface area (Å²) in [4.78, 5) is 44.1. The summed E-state index contributed by atoms with van der Waals surface area (Å²) in [6.45, 7) is 2.23. The van der Waals surface area contributed by atoms with Crippen molar-refractivity contribution >= 4 is 28.2 Å². The number of thiophene rings is 1. The predicted octanol–water partition coefficient (Wildman–Crippen LogP) is 0.988. The Hall–Kier alpha value is -2.48. The maximum atomic E-state index is 12.5. The second kappa shape index (κ2) is 5.72. The molecule has 0 unspecified atom stereocenters. The van der Waals surface area contributed by atoms with Crippen LogP contribution >= 0.6 is 11.3 Å². The Morgan fingerprint density at radius 3 is 3.00 bits per heavy atom. The molecule has 22 heavy (non-hydrogen) atoms. The third-order valence-corrected chi connectivity index (χ3v) is 4.40. The van der Waals surface area contributed by atoms with Gasteiger partial charge in [0.2, 0.25) is 5.91 Å². The van der Waals surface area contributed by atoms with Gasteiger partial charge in [0.1, 0.15) is 0 Å². The van der Waals surface area contributed by atoms with Crippen LogP contribution in [0.1, 0.15) is 27.9 Å². The van der Waals surface area contributed by atoms with Crippen molar-refractivity contribution in [2.45, 2.75) is 19.9 Å². The average molecular weight is 318 g/mol. The molecule has 0 radical (unpaired) electrons. The van der Waals surface area contributed by atoms with Crippen molar-refractivity contribution < 1.29 is 9.59 Å². The first kappa shape index (κ1) is 14.5. The van der Waals surface area contributed by atoms with E-state index in [4.69, 9.17) is 0 Å². The normalized spacial score (nSPS) is 13.6. The molecule has 0 fully saturated rings. The van der Waals surface area contributed by atoms with E-state index in [1.807, 2.05) is 0 Å². The quantitative estimate of drug-likeness (QED) is 0.863. The number of fused-ring (bicyclic) bond motifs is 1. The fraction of sp³-hybridized carbons (Fsp3) is 0.286. The largest absolute Gasteiger partial charge is 0.332 e. The molecule has 0 spiro atoms. The standard InChI is InChI=1S/C14H14N4O3S/c1-8(19)17-12-3-2-11(22-12)14(21)18-5-4-9-10(6-18)15-7-16-13(9)20/h2-3,7H,4-6H2,1H3,(H,17,19)(H,15,16,20). The van der Waals surface area contributed by atoms with Crippen LogP contribution in [-0.4, -0.2) is 33.2 Å². The third-order valence-electron chi connectivity index (χ3n) is 3.41. The number of hydrogen-bond acceptors (Lipinski definition) is 5. The molecule has 2 aromatic heterocycles. The average Bonchev–Trinajstić information content (AvgIpc) is 2.94. The van der Waals surface area contributed by atoms with E-state index in [1.165, 1.54) is 24.6 Å². The lowest BCUT2D eigenvalue weighted by Crippen LogP contribution is -2.38. The van der Waals surface area contributed by atoms with Gasteiger partial charge in [-0.1, -0.05) is 0 Å². The minimum Gasteiger partial charge on any atom is -0.332 e. The summed E-state index contributed by atoms with van der Waals surface area (Å²) in [6, 6.07) is 3.40. The highest BCUT2D eigenvalue weighted by Gasteiger charge is 2.25. The Labute approximate surface area is 130 Å². The van der Waals surface area contributed by atoms with Crippen molar-refractivity contribution in [2.24, 2.45) is 0 Å². The van der Waals surface area contributed by atoms with Gasteiger partial charge in [0.05, 0.1) is 28.4 Å². The minimum atomic E-state index is -0.170. The number of aromatic amines is 1. The zero-order valence-electron chi connectivity index (χ0n) is 11.9. The van der Waals surface area contributed by atoms with Gasteiger partial charge < -0.3 is 15.2 Å². The van der Waals surface area contributed by atoms with Crippen molar-refractivity contribution in [1.82, 2.24) is 14.9 Å². The van der Waals surface area contributed by atoms with E-state index in [1.54, 1.807) is 17.0 Å². The summed E-state index contributed by atoms with van der Waals surface area (Å²) in [5.41, 5.74) is 1.15. The van der Waals surface area contributed by atoms with Gasteiger partial charge in [-0.2, -0.15) is 0 Å². The van der Waals surface area contributed by atoms with Gasteiger partial charge in [0.15, 0.2) is 0 Å². The Morgan fingerprint density at radius 2 is 2.23 bits per heavy atom. The number of carbonyl (C=O) groups is 2. The van der Waals surface area contributed by atoms with Crippen LogP contribution in [0.2, 0.25) is 0 Å². The van der Waals surface area contributed by atoms with Crippen LogP contribution in [0.3, 0.4) is 0 Å². The fourth-order valence-electron chi connectivity index (χ4n) is 2.39. The van der Waals surface area contributed by atoms with Crippen LogP contribution in [0.4, 0.5) is 5.00 Å². The SMILES string of the molecule is CC(=O)Nc1ccc(C(=O)N2CCc3c(nc[nH]c3=O)C2)s1. The van der Waals surface area contributed by atoms with E-state index in [0.29, 0.717) is 40.6 Å². The molecule has 114 valence electrons. The van der Waals surface area contributed by atoms with E-state index in [2.05, 4.69) is 15.3 Å². The van der Waals surface area contributed by atoms with Crippen molar-refractivity contribution in [1.29, 1.82) is 0 Å². The highest BCUT2D eigenvalue weighted by Crippen LogP contribution is 2.25. The van der Waals surface area contributed by atoms with Gasteiger partial charge in [0.25, 0.3) is 11.5 Å². The Balaban J connectivity index is 1.78. The van der Waals surface area contributed by atoms with Gasteiger partial charge in [-0.3, -0.25) is 14.4 Å². The second-order valence-electron chi connectivity index (χ2n) is 4.98. The summed E-state index contributed by atoms with van der Waals surface area (Å²) >= 11 is 1.24. The number of nitrogens with one attached hydrogen (secondary N) is 2. The van der Waals surface area contributed by atoms with Gasteiger partial charge >= 0.3 is 0 Å². The first-order valence-electron chi connectivity index (χ1n) is 6.76. The lowest BCUT2D eigenvalue weighted by Gasteiger charge is -2.26. The van der Waals surface area contributed by atoms with E-state index in [9.17, 15) is 14.4 Å². The maximum absolute atomic E-state index is 12.5. The summed E-state index contributed by atoms with van der Waals surface area (Å²) in [7, 11) is 0. The summed E-state index contributed by atoms with van der Waals surface area (Å²) < 4.78 is 0. The van der Waals surface area contributed by atoms with Crippen molar-refractivity contribution in [3.63, 3.8) is 0 Å².